The standard InChI is InChI=1S/C15H16ClF2N3/c1-15(2,3)14-20-12(16)7-13(21-14)19-8-9-4-10(17)6-11(18)5-9/h4-7H,8H2,1-3H3,(H,19,20,21). The molecule has 0 atom stereocenters. The molecule has 2 aromatic rings. The van der Waals surface area contributed by atoms with Gasteiger partial charge < -0.3 is 5.32 Å². The molecular formula is C15H16ClF2N3. The fourth-order valence-electron chi connectivity index (χ4n) is 1.75. The van der Waals surface area contributed by atoms with Gasteiger partial charge in [0.15, 0.2) is 0 Å². The van der Waals surface area contributed by atoms with E-state index < -0.39 is 11.6 Å². The minimum absolute atomic E-state index is 0.242. The van der Waals surface area contributed by atoms with Crippen molar-refractivity contribution in [3.63, 3.8) is 0 Å². The van der Waals surface area contributed by atoms with Gasteiger partial charge in [0.1, 0.15) is 28.4 Å². The molecule has 1 aromatic heterocycles. The number of hydrogen-bond acceptors (Lipinski definition) is 3. The van der Waals surface area contributed by atoms with E-state index in [0.29, 0.717) is 22.4 Å². The van der Waals surface area contributed by atoms with Gasteiger partial charge in [0, 0.05) is 24.1 Å². The highest BCUT2D eigenvalue weighted by atomic mass is 35.5. The molecule has 3 nitrogen and oxygen atoms in total. The van der Waals surface area contributed by atoms with Crippen molar-refractivity contribution in [2.24, 2.45) is 0 Å². The monoisotopic (exact) mass is 311 g/mol. The smallest absolute Gasteiger partial charge is 0.137 e. The third-order valence-electron chi connectivity index (χ3n) is 2.76. The maximum Gasteiger partial charge on any atom is 0.137 e. The number of halogens is 3. The zero-order chi connectivity index (χ0) is 15.6. The fourth-order valence-corrected chi connectivity index (χ4v) is 1.93. The van der Waals surface area contributed by atoms with Crippen LogP contribution in [0.3, 0.4) is 0 Å². The summed E-state index contributed by atoms with van der Waals surface area (Å²) in [6.07, 6.45) is 0. The number of benzene rings is 1. The van der Waals surface area contributed by atoms with E-state index in [-0.39, 0.29) is 12.0 Å². The summed E-state index contributed by atoms with van der Waals surface area (Å²) in [5.41, 5.74) is 0.242. The third-order valence-corrected chi connectivity index (χ3v) is 2.96. The molecule has 1 heterocycles. The number of aromatic nitrogens is 2. The van der Waals surface area contributed by atoms with E-state index in [1.807, 2.05) is 20.8 Å². The van der Waals surface area contributed by atoms with Gasteiger partial charge in [-0.05, 0) is 17.7 Å². The summed E-state index contributed by atoms with van der Waals surface area (Å²) in [4.78, 5) is 8.55. The third kappa shape index (κ3) is 4.36. The Morgan fingerprint density at radius 1 is 1.05 bits per heavy atom. The number of rotatable bonds is 3. The molecule has 0 bridgehead atoms. The van der Waals surface area contributed by atoms with Crippen LogP contribution in [0.25, 0.3) is 0 Å². The Bertz CT molecular complexity index is 634. The Balaban J connectivity index is 2.18. The Kier molecular flexibility index (Phi) is 4.42. The summed E-state index contributed by atoms with van der Waals surface area (Å²) in [5.74, 6) is -0.0988. The largest absolute Gasteiger partial charge is 0.366 e. The van der Waals surface area contributed by atoms with Crippen molar-refractivity contribution >= 4 is 17.4 Å². The predicted octanol–water partition coefficient (Wildman–Crippen LogP) is 4.32. The molecule has 1 aromatic carbocycles. The molecule has 0 saturated heterocycles. The first-order chi connectivity index (χ1) is 9.74. The van der Waals surface area contributed by atoms with Gasteiger partial charge in [0.05, 0.1) is 0 Å². The first-order valence-corrected chi connectivity index (χ1v) is 6.86. The van der Waals surface area contributed by atoms with Crippen LogP contribution in [0.5, 0.6) is 0 Å². The quantitative estimate of drug-likeness (QED) is 0.858. The van der Waals surface area contributed by atoms with Crippen molar-refractivity contribution in [2.45, 2.75) is 32.7 Å². The molecule has 0 aliphatic rings. The lowest BCUT2D eigenvalue weighted by atomic mass is 9.96. The molecule has 112 valence electrons. The van der Waals surface area contributed by atoms with Crippen LogP contribution < -0.4 is 5.32 Å². The molecule has 0 unspecified atom stereocenters. The summed E-state index contributed by atoms with van der Waals surface area (Å²) in [6, 6.07) is 4.95. The molecule has 0 amide bonds. The van der Waals surface area contributed by atoms with Crippen molar-refractivity contribution in [3.05, 3.63) is 52.4 Å². The van der Waals surface area contributed by atoms with Crippen LogP contribution in [0.4, 0.5) is 14.6 Å². The Morgan fingerprint density at radius 2 is 1.67 bits per heavy atom. The van der Waals surface area contributed by atoms with E-state index in [1.54, 1.807) is 6.07 Å². The molecule has 0 fully saturated rings. The van der Waals surface area contributed by atoms with Gasteiger partial charge >= 0.3 is 0 Å². The summed E-state index contributed by atoms with van der Waals surface area (Å²) in [7, 11) is 0. The average Bonchev–Trinajstić information content (AvgIpc) is 2.33. The molecule has 2 rings (SSSR count). The van der Waals surface area contributed by atoms with Crippen molar-refractivity contribution in [1.82, 2.24) is 9.97 Å². The lowest BCUT2D eigenvalue weighted by Crippen LogP contribution is -2.17. The van der Waals surface area contributed by atoms with E-state index >= 15 is 0 Å². The van der Waals surface area contributed by atoms with Crippen LogP contribution in [0.1, 0.15) is 32.2 Å². The van der Waals surface area contributed by atoms with Crippen molar-refractivity contribution in [2.75, 3.05) is 5.32 Å². The maximum absolute atomic E-state index is 13.1. The highest BCUT2D eigenvalue weighted by molar-refractivity contribution is 6.29. The van der Waals surface area contributed by atoms with Crippen LogP contribution in [-0.4, -0.2) is 9.97 Å². The van der Waals surface area contributed by atoms with E-state index in [0.717, 1.165) is 6.07 Å². The second kappa shape index (κ2) is 5.93. The van der Waals surface area contributed by atoms with Gasteiger partial charge in [0.25, 0.3) is 0 Å². The molecule has 0 aliphatic heterocycles. The molecule has 0 spiro atoms. The molecule has 6 heteroatoms. The number of hydrogen-bond donors (Lipinski definition) is 1. The first-order valence-electron chi connectivity index (χ1n) is 6.48. The SMILES string of the molecule is CC(C)(C)c1nc(Cl)cc(NCc2cc(F)cc(F)c2)n1. The van der Waals surface area contributed by atoms with Crippen LogP contribution in [0.15, 0.2) is 24.3 Å². The van der Waals surface area contributed by atoms with Crippen molar-refractivity contribution in [1.29, 1.82) is 0 Å². The lowest BCUT2D eigenvalue weighted by Gasteiger charge is -2.17. The summed E-state index contributed by atoms with van der Waals surface area (Å²) in [6.45, 7) is 6.17. The predicted molar refractivity (Wildman–Crippen MR) is 79.4 cm³/mol. The van der Waals surface area contributed by atoms with Crippen LogP contribution >= 0.6 is 11.6 Å². The van der Waals surface area contributed by atoms with Crippen molar-refractivity contribution < 1.29 is 8.78 Å². The van der Waals surface area contributed by atoms with Gasteiger partial charge in [-0.15, -0.1) is 0 Å². The highest BCUT2D eigenvalue weighted by Crippen LogP contribution is 2.22. The minimum atomic E-state index is -0.608. The molecule has 0 saturated carbocycles. The van der Waals surface area contributed by atoms with E-state index in [2.05, 4.69) is 15.3 Å². The lowest BCUT2D eigenvalue weighted by molar-refractivity contribution is 0.546. The first kappa shape index (κ1) is 15.6. The zero-order valence-corrected chi connectivity index (χ0v) is 12.8. The zero-order valence-electron chi connectivity index (χ0n) is 12.0. The van der Waals surface area contributed by atoms with Gasteiger partial charge in [-0.1, -0.05) is 32.4 Å². The topological polar surface area (TPSA) is 37.8 Å². The summed E-state index contributed by atoms with van der Waals surface area (Å²) in [5, 5.41) is 3.32. The Labute approximate surface area is 127 Å². The van der Waals surface area contributed by atoms with Gasteiger partial charge in [-0.3, -0.25) is 0 Å². The fraction of sp³-hybridized carbons (Fsp3) is 0.333. The summed E-state index contributed by atoms with van der Waals surface area (Å²) < 4.78 is 26.2. The van der Waals surface area contributed by atoms with Crippen molar-refractivity contribution in [3.8, 4) is 0 Å². The number of nitrogens with one attached hydrogen (secondary N) is 1. The average molecular weight is 312 g/mol. The summed E-state index contributed by atoms with van der Waals surface area (Å²) >= 11 is 5.98. The van der Waals surface area contributed by atoms with Crippen LogP contribution in [0, 0.1) is 11.6 Å². The van der Waals surface area contributed by atoms with E-state index in [9.17, 15) is 8.78 Å². The number of anilines is 1. The molecular weight excluding hydrogens is 296 g/mol. The Morgan fingerprint density at radius 3 is 2.24 bits per heavy atom. The molecule has 0 radical (unpaired) electrons. The van der Waals surface area contributed by atoms with E-state index in [1.165, 1.54) is 12.1 Å². The van der Waals surface area contributed by atoms with Crippen LogP contribution in [0.2, 0.25) is 5.15 Å². The Hall–Kier alpha value is -1.75. The van der Waals surface area contributed by atoms with Gasteiger partial charge in [-0.2, -0.15) is 0 Å². The minimum Gasteiger partial charge on any atom is -0.366 e. The maximum atomic E-state index is 13.1. The second-order valence-electron chi connectivity index (χ2n) is 5.78. The van der Waals surface area contributed by atoms with Crippen LogP contribution in [-0.2, 0) is 12.0 Å². The normalized spacial score (nSPS) is 11.5. The molecule has 21 heavy (non-hydrogen) atoms. The second-order valence-corrected chi connectivity index (χ2v) is 6.17. The molecule has 1 N–H and O–H groups in total. The van der Waals surface area contributed by atoms with Gasteiger partial charge in [-0.25, -0.2) is 18.7 Å². The molecule has 0 aliphatic carbocycles. The highest BCUT2D eigenvalue weighted by Gasteiger charge is 2.18. The van der Waals surface area contributed by atoms with E-state index in [4.69, 9.17) is 11.6 Å². The number of nitrogens with zero attached hydrogens (tertiary/aromatic N) is 2. The van der Waals surface area contributed by atoms with Gasteiger partial charge in [0.2, 0.25) is 0 Å².